The first-order valence-electron chi connectivity index (χ1n) is 8.07. The lowest BCUT2D eigenvalue weighted by Crippen LogP contribution is -2.48. The van der Waals surface area contributed by atoms with Crippen LogP contribution in [-0.4, -0.2) is 50.1 Å². The van der Waals surface area contributed by atoms with E-state index < -0.39 is 20.8 Å². The quantitative estimate of drug-likeness (QED) is 0.438. The highest BCUT2D eigenvalue weighted by atomic mass is 32.2. The van der Waals surface area contributed by atoms with Gasteiger partial charge in [0.05, 0.1) is 9.82 Å². The van der Waals surface area contributed by atoms with Crippen molar-refractivity contribution in [3.05, 3.63) is 64.0 Å². The van der Waals surface area contributed by atoms with Crippen LogP contribution in [0.1, 0.15) is 10.4 Å². The Balaban J connectivity index is 1.80. The van der Waals surface area contributed by atoms with Crippen LogP contribution in [0.5, 0.6) is 0 Å². The van der Waals surface area contributed by atoms with Gasteiger partial charge in [-0.2, -0.15) is 4.31 Å². The van der Waals surface area contributed by atoms with Crippen LogP contribution in [0.3, 0.4) is 0 Å². The van der Waals surface area contributed by atoms with Gasteiger partial charge in [-0.05, 0) is 30.3 Å². The van der Waals surface area contributed by atoms with Crippen molar-refractivity contribution in [1.82, 2.24) is 4.31 Å². The van der Waals surface area contributed by atoms with Crippen LogP contribution in [-0.2, 0) is 10.0 Å². The third-order valence-corrected chi connectivity index (χ3v) is 6.24. The van der Waals surface area contributed by atoms with Crippen molar-refractivity contribution >= 4 is 27.7 Å². The fourth-order valence-electron chi connectivity index (χ4n) is 2.97. The summed E-state index contributed by atoms with van der Waals surface area (Å²) in [5, 5.41) is 11.3. The summed E-state index contributed by atoms with van der Waals surface area (Å²) in [5.74, 6) is -0.638. The summed E-state index contributed by atoms with van der Waals surface area (Å²) in [7, 11) is -3.84. The van der Waals surface area contributed by atoms with Crippen molar-refractivity contribution in [2.45, 2.75) is 4.90 Å². The molecule has 142 valence electrons. The van der Waals surface area contributed by atoms with Gasteiger partial charge in [-0.15, -0.1) is 0 Å². The maximum absolute atomic E-state index is 13.4. The molecule has 8 nitrogen and oxygen atoms in total. The smallest absolute Gasteiger partial charge is 0.293 e. The molecule has 3 rings (SSSR count). The molecule has 27 heavy (non-hydrogen) atoms. The van der Waals surface area contributed by atoms with Crippen LogP contribution in [0.4, 0.5) is 15.8 Å². The largest absolute Gasteiger partial charge is 0.363 e. The van der Waals surface area contributed by atoms with Gasteiger partial charge in [0.2, 0.25) is 10.0 Å². The maximum atomic E-state index is 13.4. The lowest BCUT2D eigenvalue weighted by atomic mass is 10.1. The van der Waals surface area contributed by atoms with E-state index in [-0.39, 0.29) is 42.3 Å². The maximum Gasteiger partial charge on any atom is 0.293 e. The molecular weight excluding hydrogens is 377 g/mol. The summed E-state index contributed by atoms with van der Waals surface area (Å²) < 4.78 is 39.8. The Labute approximate surface area is 155 Å². The molecule has 1 saturated heterocycles. The predicted octanol–water partition coefficient (Wildman–Crippen LogP) is 2.06. The van der Waals surface area contributed by atoms with Crippen LogP contribution in [0.2, 0.25) is 0 Å². The number of benzene rings is 2. The Morgan fingerprint density at radius 1 is 1.07 bits per heavy atom. The summed E-state index contributed by atoms with van der Waals surface area (Å²) >= 11 is 0. The predicted molar refractivity (Wildman–Crippen MR) is 95.9 cm³/mol. The van der Waals surface area contributed by atoms with E-state index in [4.69, 9.17) is 0 Å². The molecule has 0 bridgehead atoms. The summed E-state index contributed by atoms with van der Waals surface area (Å²) in [6, 6.07) is 8.94. The Morgan fingerprint density at radius 3 is 2.37 bits per heavy atom. The van der Waals surface area contributed by atoms with E-state index in [1.165, 1.54) is 40.7 Å². The molecule has 0 aromatic heterocycles. The molecule has 0 N–H and O–H groups in total. The highest BCUT2D eigenvalue weighted by molar-refractivity contribution is 7.89. The second-order valence-corrected chi connectivity index (χ2v) is 7.91. The number of nitro benzene ring substituents is 1. The second kappa shape index (κ2) is 7.41. The van der Waals surface area contributed by atoms with Crippen LogP contribution in [0.25, 0.3) is 0 Å². The minimum Gasteiger partial charge on any atom is -0.363 e. The molecule has 1 aliphatic rings. The molecule has 0 aliphatic carbocycles. The minimum absolute atomic E-state index is 0.103. The second-order valence-electron chi connectivity index (χ2n) is 5.97. The van der Waals surface area contributed by atoms with Crippen LogP contribution in [0, 0.1) is 15.9 Å². The number of rotatable bonds is 5. The van der Waals surface area contributed by atoms with Gasteiger partial charge in [0.1, 0.15) is 17.8 Å². The molecule has 1 heterocycles. The number of nitro groups is 1. The van der Waals surface area contributed by atoms with Crippen molar-refractivity contribution in [2.24, 2.45) is 0 Å². The molecular formula is C17H16FN3O5S. The molecule has 1 fully saturated rings. The molecule has 1 aliphatic heterocycles. The first-order chi connectivity index (χ1) is 12.8. The number of aldehydes is 1. The van der Waals surface area contributed by atoms with Crippen LogP contribution >= 0.6 is 0 Å². The van der Waals surface area contributed by atoms with E-state index >= 15 is 0 Å². The molecule has 0 spiro atoms. The zero-order valence-electron chi connectivity index (χ0n) is 14.1. The standard InChI is InChI=1S/C17H16FN3O5S/c18-14-2-1-3-15(11-14)27(25,26)20-8-6-19(7-9-20)16-5-4-13(12-22)10-17(16)21(23)24/h1-5,10-12H,6-9H2. The number of nitrogens with zero attached hydrogens (tertiary/aromatic N) is 3. The molecule has 2 aromatic rings. The van der Waals surface area contributed by atoms with Gasteiger partial charge >= 0.3 is 0 Å². The van der Waals surface area contributed by atoms with Crippen LogP contribution < -0.4 is 4.90 Å². The number of sulfonamides is 1. The Morgan fingerprint density at radius 2 is 1.78 bits per heavy atom. The molecule has 0 saturated carbocycles. The summed E-state index contributed by atoms with van der Waals surface area (Å²) in [6.45, 7) is 0.669. The summed E-state index contributed by atoms with van der Waals surface area (Å²) in [5.41, 5.74) is 0.312. The third-order valence-electron chi connectivity index (χ3n) is 4.35. The monoisotopic (exact) mass is 393 g/mol. The minimum atomic E-state index is -3.84. The van der Waals surface area contributed by atoms with E-state index in [0.717, 1.165) is 6.07 Å². The van der Waals surface area contributed by atoms with Gasteiger partial charge in [-0.25, -0.2) is 12.8 Å². The highest BCUT2D eigenvalue weighted by Crippen LogP contribution is 2.30. The fourth-order valence-corrected chi connectivity index (χ4v) is 4.43. The number of halogens is 1. The molecule has 0 unspecified atom stereocenters. The van der Waals surface area contributed by atoms with Gasteiger partial charge in [-0.3, -0.25) is 14.9 Å². The SMILES string of the molecule is O=Cc1ccc(N2CCN(S(=O)(=O)c3cccc(F)c3)CC2)c([N+](=O)[O-])c1. The van der Waals surface area contributed by atoms with Crippen molar-refractivity contribution in [3.8, 4) is 0 Å². The van der Waals surface area contributed by atoms with E-state index in [0.29, 0.717) is 12.0 Å². The highest BCUT2D eigenvalue weighted by Gasteiger charge is 2.31. The fraction of sp³-hybridized carbons (Fsp3) is 0.235. The zero-order chi connectivity index (χ0) is 19.6. The molecule has 0 atom stereocenters. The number of piperazine rings is 1. The van der Waals surface area contributed by atoms with Crippen molar-refractivity contribution in [1.29, 1.82) is 0 Å². The van der Waals surface area contributed by atoms with Gasteiger partial charge in [0.15, 0.2) is 0 Å². The summed E-state index contributed by atoms with van der Waals surface area (Å²) in [6.07, 6.45) is 0.528. The number of hydrogen-bond acceptors (Lipinski definition) is 6. The van der Waals surface area contributed by atoms with E-state index in [9.17, 15) is 27.7 Å². The Kier molecular flexibility index (Phi) is 5.19. The first-order valence-corrected chi connectivity index (χ1v) is 9.51. The van der Waals surface area contributed by atoms with Crippen molar-refractivity contribution < 1.29 is 22.5 Å². The van der Waals surface area contributed by atoms with Crippen molar-refractivity contribution in [3.63, 3.8) is 0 Å². The van der Waals surface area contributed by atoms with Gasteiger partial charge in [-0.1, -0.05) is 6.07 Å². The number of hydrogen-bond donors (Lipinski definition) is 0. The van der Waals surface area contributed by atoms with Crippen LogP contribution in [0.15, 0.2) is 47.4 Å². The first kappa shape index (κ1) is 18.9. The number of anilines is 1. The van der Waals surface area contributed by atoms with E-state index in [2.05, 4.69) is 0 Å². The van der Waals surface area contributed by atoms with E-state index in [1.54, 1.807) is 4.90 Å². The Bertz CT molecular complexity index is 988. The van der Waals surface area contributed by atoms with Gasteiger partial charge in [0, 0.05) is 37.8 Å². The van der Waals surface area contributed by atoms with Gasteiger partial charge in [0.25, 0.3) is 5.69 Å². The normalized spacial score (nSPS) is 15.5. The molecule has 0 radical (unpaired) electrons. The number of carbonyl (C=O) groups is 1. The summed E-state index contributed by atoms with van der Waals surface area (Å²) in [4.78, 5) is 23.1. The molecule has 0 amide bonds. The molecule has 2 aromatic carbocycles. The zero-order valence-corrected chi connectivity index (χ0v) is 14.9. The third kappa shape index (κ3) is 3.81. The average Bonchev–Trinajstić information content (AvgIpc) is 2.67. The van der Waals surface area contributed by atoms with Crippen molar-refractivity contribution in [2.75, 3.05) is 31.1 Å². The topological polar surface area (TPSA) is 101 Å². The Hall–Kier alpha value is -2.85. The van der Waals surface area contributed by atoms with E-state index in [1.807, 2.05) is 0 Å². The lowest BCUT2D eigenvalue weighted by Gasteiger charge is -2.35. The lowest BCUT2D eigenvalue weighted by molar-refractivity contribution is -0.384. The number of carbonyl (C=O) groups excluding carboxylic acids is 1. The van der Waals surface area contributed by atoms with Gasteiger partial charge < -0.3 is 4.90 Å². The molecule has 10 heteroatoms. The average molecular weight is 393 g/mol.